The zero-order valence-corrected chi connectivity index (χ0v) is 10.9. The van der Waals surface area contributed by atoms with Crippen molar-refractivity contribution in [2.75, 3.05) is 19.0 Å². The number of rotatable bonds is 6. The standard InChI is InChI=1S/C14H18N4O/c1-19-14-10-16-9-13(18-14)17-8-7-12(15)11-5-3-2-4-6-11/h2-6,9-10,12H,7-8,15H2,1H3,(H,17,18). The zero-order valence-electron chi connectivity index (χ0n) is 10.9. The average Bonchev–Trinajstić information content (AvgIpc) is 2.48. The van der Waals surface area contributed by atoms with Gasteiger partial charge in [-0.1, -0.05) is 30.3 Å². The molecule has 2 rings (SSSR count). The van der Waals surface area contributed by atoms with Gasteiger partial charge in [0, 0.05) is 12.6 Å². The number of ether oxygens (including phenoxy) is 1. The first-order valence-corrected chi connectivity index (χ1v) is 6.20. The highest BCUT2D eigenvalue weighted by atomic mass is 16.5. The van der Waals surface area contributed by atoms with E-state index in [1.807, 2.05) is 30.3 Å². The van der Waals surface area contributed by atoms with Crippen LogP contribution in [-0.2, 0) is 0 Å². The Hall–Kier alpha value is -2.14. The third kappa shape index (κ3) is 3.93. The van der Waals surface area contributed by atoms with E-state index >= 15 is 0 Å². The molecule has 3 N–H and O–H groups in total. The van der Waals surface area contributed by atoms with E-state index in [-0.39, 0.29) is 6.04 Å². The van der Waals surface area contributed by atoms with Crippen molar-refractivity contribution < 1.29 is 4.74 Å². The summed E-state index contributed by atoms with van der Waals surface area (Å²) in [5.74, 6) is 1.19. The predicted octanol–water partition coefficient (Wildman–Crippen LogP) is 1.99. The highest BCUT2D eigenvalue weighted by Gasteiger charge is 2.05. The van der Waals surface area contributed by atoms with E-state index in [1.54, 1.807) is 19.5 Å². The van der Waals surface area contributed by atoms with Crippen molar-refractivity contribution in [3.8, 4) is 5.88 Å². The van der Waals surface area contributed by atoms with Crippen LogP contribution in [0.4, 0.5) is 5.82 Å². The molecule has 0 fully saturated rings. The van der Waals surface area contributed by atoms with E-state index in [0.717, 1.165) is 18.5 Å². The number of hydrogen-bond donors (Lipinski definition) is 2. The molecule has 0 saturated heterocycles. The Morgan fingerprint density at radius 3 is 2.79 bits per heavy atom. The summed E-state index contributed by atoms with van der Waals surface area (Å²) in [6.45, 7) is 0.734. The molecule has 0 aliphatic heterocycles. The second kappa shape index (κ2) is 6.70. The van der Waals surface area contributed by atoms with Crippen molar-refractivity contribution in [3.63, 3.8) is 0 Å². The molecule has 0 aliphatic rings. The van der Waals surface area contributed by atoms with Crippen molar-refractivity contribution in [2.45, 2.75) is 12.5 Å². The molecule has 0 aliphatic carbocycles. The van der Waals surface area contributed by atoms with Gasteiger partial charge in [-0.15, -0.1) is 0 Å². The van der Waals surface area contributed by atoms with Crippen LogP contribution in [-0.4, -0.2) is 23.6 Å². The monoisotopic (exact) mass is 258 g/mol. The number of nitrogens with one attached hydrogen (secondary N) is 1. The quantitative estimate of drug-likeness (QED) is 0.829. The third-order valence-electron chi connectivity index (χ3n) is 2.81. The van der Waals surface area contributed by atoms with Gasteiger partial charge in [-0.2, -0.15) is 4.98 Å². The van der Waals surface area contributed by atoms with Gasteiger partial charge in [0.2, 0.25) is 5.88 Å². The molecule has 1 aromatic heterocycles. The Bertz CT molecular complexity index is 504. The minimum absolute atomic E-state index is 0.0206. The fourth-order valence-corrected chi connectivity index (χ4v) is 1.75. The minimum Gasteiger partial charge on any atom is -0.480 e. The lowest BCUT2D eigenvalue weighted by molar-refractivity contribution is 0.396. The summed E-state index contributed by atoms with van der Waals surface area (Å²) < 4.78 is 5.01. The molecule has 19 heavy (non-hydrogen) atoms. The fraction of sp³-hybridized carbons (Fsp3) is 0.286. The second-order valence-corrected chi connectivity index (χ2v) is 4.18. The zero-order chi connectivity index (χ0) is 13.5. The predicted molar refractivity (Wildman–Crippen MR) is 75.1 cm³/mol. The minimum atomic E-state index is 0.0206. The van der Waals surface area contributed by atoms with Gasteiger partial charge in [0.1, 0.15) is 5.82 Å². The van der Waals surface area contributed by atoms with Crippen LogP contribution in [0.1, 0.15) is 18.0 Å². The maximum atomic E-state index is 6.11. The van der Waals surface area contributed by atoms with E-state index < -0.39 is 0 Å². The lowest BCUT2D eigenvalue weighted by Crippen LogP contribution is -2.15. The van der Waals surface area contributed by atoms with E-state index in [0.29, 0.717) is 11.7 Å². The van der Waals surface area contributed by atoms with Gasteiger partial charge in [-0.05, 0) is 12.0 Å². The van der Waals surface area contributed by atoms with Crippen LogP contribution in [0.25, 0.3) is 0 Å². The molecule has 1 heterocycles. The molecule has 1 aromatic carbocycles. The smallest absolute Gasteiger partial charge is 0.233 e. The van der Waals surface area contributed by atoms with E-state index in [4.69, 9.17) is 10.5 Å². The van der Waals surface area contributed by atoms with Gasteiger partial charge in [-0.3, -0.25) is 4.98 Å². The van der Waals surface area contributed by atoms with Gasteiger partial charge in [-0.25, -0.2) is 0 Å². The molecular formula is C14H18N4O. The molecule has 2 aromatic rings. The first-order valence-electron chi connectivity index (χ1n) is 6.20. The molecule has 1 unspecified atom stereocenters. The molecule has 0 saturated carbocycles. The Labute approximate surface area is 112 Å². The Morgan fingerprint density at radius 1 is 1.26 bits per heavy atom. The van der Waals surface area contributed by atoms with Gasteiger partial charge >= 0.3 is 0 Å². The van der Waals surface area contributed by atoms with Crippen molar-refractivity contribution in [3.05, 3.63) is 48.3 Å². The topological polar surface area (TPSA) is 73.1 Å². The summed E-state index contributed by atoms with van der Waals surface area (Å²) in [4.78, 5) is 8.25. The van der Waals surface area contributed by atoms with Crippen LogP contribution in [0.3, 0.4) is 0 Å². The first-order chi connectivity index (χ1) is 9.29. The second-order valence-electron chi connectivity index (χ2n) is 4.18. The van der Waals surface area contributed by atoms with E-state index in [2.05, 4.69) is 15.3 Å². The summed E-state index contributed by atoms with van der Waals surface area (Å²) in [7, 11) is 1.57. The van der Waals surface area contributed by atoms with E-state index in [9.17, 15) is 0 Å². The summed E-state index contributed by atoms with van der Waals surface area (Å²) >= 11 is 0. The van der Waals surface area contributed by atoms with Crippen LogP contribution in [0.15, 0.2) is 42.7 Å². The van der Waals surface area contributed by atoms with Crippen molar-refractivity contribution in [2.24, 2.45) is 5.73 Å². The molecule has 0 bridgehead atoms. The van der Waals surface area contributed by atoms with Crippen LogP contribution in [0, 0.1) is 0 Å². The number of anilines is 1. The van der Waals surface area contributed by atoms with Crippen LogP contribution in [0.2, 0.25) is 0 Å². The molecule has 0 amide bonds. The Kier molecular flexibility index (Phi) is 4.69. The number of aromatic nitrogens is 2. The number of methoxy groups -OCH3 is 1. The Morgan fingerprint density at radius 2 is 2.05 bits per heavy atom. The molecule has 5 nitrogen and oxygen atoms in total. The third-order valence-corrected chi connectivity index (χ3v) is 2.81. The van der Waals surface area contributed by atoms with Gasteiger partial charge < -0.3 is 15.8 Å². The summed E-state index contributed by atoms with van der Waals surface area (Å²) in [5, 5.41) is 3.19. The summed E-state index contributed by atoms with van der Waals surface area (Å²) in [6, 6.07) is 10.1. The number of benzene rings is 1. The van der Waals surface area contributed by atoms with Crippen LogP contribution in [0.5, 0.6) is 5.88 Å². The van der Waals surface area contributed by atoms with E-state index in [1.165, 1.54) is 0 Å². The number of nitrogens with two attached hydrogens (primary N) is 1. The maximum Gasteiger partial charge on any atom is 0.233 e. The summed E-state index contributed by atoms with van der Waals surface area (Å²) in [6.07, 6.45) is 4.06. The van der Waals surface area contributed by atoms with Crippen molar-refractivity contribution in [1.82, 2.24) is 9.97 Å². The molecule has 1 atom stereocenters. The first kappa shape index (κ1) is 13.3. The van der Waals surface area contributed by atoms with Gasteiger partial charge in [0.15, 0.2) is 0 Å². The summed E-state index contributed by atoms with van der Waals surface area (Å²) in [5.41, 5.74) is 7.25. The lowest BCUT2D eigenvalue weighted by Gasteiger charge is -2.12. The Balaban J connectivity index is 1.83. The SMILES string of the molecule is COc1cncc(NCCC(N)c2ccccc2)n1. The van der Waals surface area contributed by atoms with Crippen molar-refractivity contribution >= 4 is 5.82 Å². The highest BCUT2D eigenvalue weighted by Crippen LogP contribution is 2.14. The lowest BCUT2D eigenvalue weighted by atomic mass is 10.1. The molecule has 5 heteroatoms. The molecular weight excluding hydrogens is 240 g/mol. The molecule has 100 valence electrons. The van der Waals surface area contributed by atoms with Crippen molar-refractivity contribution in [1.29, 1.82) is 0 Å². The fourth-order valence-electron chi connectivity index (χ4n) is 1.75. The van der Waals surface area contributed by atoms with Crippen LogP contribution < -0.4 is 15.8 Å². The number of hydrogen-bond acceptors (Lipinski definition) is 5. The highest BCUT2D eigenvalue weighted by molar-refractivity contribution is 5.33. The largest absolute Gasteiger partial charge is 0.480 e. The average molecular weight is 258 g/mol. The number of nitrogens with zero attached hydrogens (tertiary/aromatic N) is 2. The van der Waals surface area contributed by atoms with Gasteiger partial charge in [0.25, 0.3) is 0 Å². The van der Waals surface area contributed by atoms with Gasteiger partial charge in [0.05, 0.1) is 19.5 Å². The normalized spacial score (nSPS) is 11.9. The molecule has 0 spiro atoms. The van der Waals surface area contributed by atoms with Crippen LogP contribution >= 0.6 is 0 Å². The maximum absolute atomic E-state index is 6.11. The molecule has 0 radical (unpaired) electrons.